The largest absolute Gasteiger partial charge is 0.463 e. The lowest BCUT2D eigenvalue weighted by molar-refractivity contribution is -0.154. The molecule has 0 aliphatic carbocycles. The summed E-state index contributed by atoms with van der Waals surface area (Å²) in [4.78, 5) is 35.3. The fourth-order valence-corrected chi connectivity index (χ4v) is 2.47. The van der Waals surface area contributed by atoms with Crippen LogP contribution in [0.4, 0.5) is 0 Å². The van der Waals surface area contributed by atoms with E-state index in [1.807, 2.05) is 0 Å². The quantitative estimate of drug-likeness (QED) is 0.288. The Kier molecular flexibility index (Phi) is 12.0. The number of hydrogen-bond donors (Lipinski definition) is 1. The van der Waals surface area contributed by atoms with Crippen molar-refractivity contribution in [3.8, 4) is 0 Å². The van der Waals surface area contributed by atoms with Crippen molar-refractivity contribution in [1.29, 1.82) is 0 Å². The van der Waals surface area contributed by atoms with Crippen molar-refractivity contribution >= 4 is 46.2 Å². The zero-order chi connectivity index (χ0) is 18.6. The van der Waals surface area contributed by atoms with Gasteiger partial charge in [0.15, 0.2) is 0 Å². The van der Waals surface area contributed by atoms with E-state index in [1.54, 1.807) is 0 Å². The van der Waals surface area contributed by atoms with Gasteiger partial charge in [-0.3, -0.25) is 14.2 Å². The van der Waals surface area contributed by atoms with Crippen LogP contribution in [0, 0.1) is 0 Å². The number of rotatable bonds is 12. The van der Waals surface area contributed by atoms with Gasteiger partial charge in [0, 0.05) is 14.2 Å². The van der Waals surface area contributed by atoms with Crippen molar-refractivity contribution in [2.45, 2.75) is 12.5 Å². The van der Waals surface area contributed by atoms with E-state index in [-0.39, 0.29) is 26.4 Å². The third-order valence-corrected chi connectivity index (χ3v) is 3.77. The van der Waals surface area contributed by atoms with E-state index in [0.717, 1.165) is 0 Å². The van der Waals surface area contributed by atoms with Gasteiger partial charge in [0.1, 0.15) is 25.4 Å². The van der Waals surface area contributed by atoms with E-state index < -0.39 is 42.3 Å². The van der Waals surface area contributed by atoms with Crippen LogP contribution in [0.3, 0.4) is 0 Å². The maximum absolute atomic E-state index is 11.9. The molecule has 12 heteroatoms. The Labute approximate surface area is 149 Å². The lowest BCUT2D eigenvalue weighted by atomic mass is 10.2. The first-order valence-corrected chi connectivity index (χ1v) is 10.5. The summed E-state index contributed by atoms with van der Waals surface area (Å²) in [6.07, 6.45) is -1.17. The van der Waals surface area contributed by atoms with Gasteiger partial charge in [-0.05, 0) is 22.5 Å². The highest BCUT2D eigenvalue weighted by molar-refractivity contribution is 8.09. The van der Waals surface area contributed by atoms with E-state index in [1.165, 1.54) is 14.2 Å². The molecule has 0 aliphatic heterocycles. The lowest BCUT2D eigenvalue weighted by Crippen LogP contribution is -2.44. The Morgan fingerprint density at radius 3 is 2.04 bits per heavy atom. The molecule has 0 spiro atoms. The second-order valence-corrected chi connectivity index (χ2v) is 9.68. The normalized spacial score (nSPS) is 12.3. The molecule has 1 amide bonds. The zero-order valence-corrected chi connectivity index (χ0v) is 15.7. The van der Waals surface area contributed by atoms with Gasteiger partial charge < -0.3 is 24.3 Å². The fraction of sp³-hybridized carbons (Fsp3) is 0.750. The van der Waals surface area contributed by atoms with Crippen LogP contribution in [0.25, 0.3) is 0 Å². The fourth-order valence-electron chi connectivity index (χ4n) is 1.39. The van der Waals surface area contributed by atoms with Crippen LogP contribution in [-0.4, -0.2) is 70.7 Å². The average molecular weight is 408 g/mol. The van der Waals surface area contributed by atoms with E-state index in [9.17, 15) is 18.9 Å². The number of ether oxygens (including phenoxy) is 4. The van der Waals surface area contributed by atoms with E-state index >= 15 is 0 Å². The Bertz CT molecular complexity index is 470. The molecule has 0 rings (SSSR count). The van der Waals surface area contributed by atoms with Crippen molar-refractivity contribution in [3.05, 3.63) is 0 Å². The van der Waals surface area contributed by atoms with Gasteiger partial charge in [-0.25, -0.2) is 4.79 Å². The molecule has 0 fully saturated rings. The number of carbonyl (C=O) groups is 3. The molecule has 0 saturated heterocycles. The summed E-state index contributed by atoms with van der Waals surface area (Å²) in [7, 11) is 2.85. The summed E-state index contributed by atoms with van der Waals surface area (Å²) >= 11 is 10.6. The minimum absolute atomic E-state index is 0.00666. The number of carbonyl (C=O) groups excluding carboxylic acids is 3. The van der Waals surface area contributed by atoms with Crippen molar-refractivity contribution in [2.75, 3.05) is 46.8 Å². The van der Waals surface area contributed by atoms with Crippen molar-refractivity contribution in [3.63, 3.8) is 0 Å². The second kappa shape index (κ2) is 12.5. The first-order valence-electron chi connectivity index (χ1n) is 6.77. The second-order valence-electron chi connectivity index (χ2n) is 4.43. The van der Waals surface area contributed by atoms with Crippen LogP contribution in [0.15, 0.2) is 0 Å². The molecule has 0 saturated carbocycles. The molecule has 1 N–H and O–H groups in total. The molecule has 0 radical (unpaired) electrons. The Balaban J connectivity index is 4.69. The maximum Gasteiger partial charge on any atom is 0.329 e. The molecule has 0 unspecified atom stereocenters. The molecular formula is C12H20Cl2NO8P. The third-order valence-electron chi connectivity index (χ3n) is 2.40. The molecule has 140 valence electrons. The maximum atomic E-state index is 11.9. The van der Waals surface area contributed by atoms with Crippen LogP contribution in [-0.2, 0) is 37.9 Å². The van der Waals surface area contributed by atoms with Crippen molar-refractivity contribution < 1.29 is 37.9 Å². The van der Waals surface area contributed by atoms with E-state index in [0.29, 0.717) is 0 Å². The molecule has 1 atom stereocenters. The number of halogens is 2. The molecule has 0 heterocycles. The van der Waals surface area contributed by atoms with Gasteiger partial charge in [0.2, 0.25) is 5.91 Å². The van der Waals surface area contributed by atoms with Gasteiger partial charge in [-0.1, -0.05) is 0 Å². The Morgan fingerprint density at radius 1 is 1.00 bits per heavy atom. The number of methoxy groups -OCH3 is 2. The number of hydrogen-bond acceptors (Lipinski definition) is 8. The van der Waals surface area contributed by atoms with Crippen LogP contribution >= 0.6 is 28.3 Å². The average Bonchev–Trinajstić information content (AvgIpc) is 2.45. The van der Waals surface area contributed by atoms with Gasteiger partial charge in [0.25, 0.3) is 5.85 Å². The molecule has 0 aliphatic rings. The SMILES string of the molecule is COCCOC(=O)C[C@H](NC(=O)CP(=O)(Cl)Cl)C(=O)OCCOC. The van der Waals surface area contributed by atoms with Crippen LogP contribution in [0.1, 0.15) is 6.42 Å². The molecule has 0 aromatic heterocycles. The van der Waals surface area contributed by atoms with Crippen LogP contribution in [0.5, 0.6) is 0 Å². The van der Waals surface area contributed by atoms with Crippen LogP contribution in [0.2, 0.25) is 0 Å². The minimum atomic E-state index is -3.66. The number of amides is 1. The smallest absolute Gasteiger partial charge is 0.329 e. The van der Waals surface area contributed by atoms with Gasteiger partial charge in [-0.2, -0.15) is 0 Å². The highest BCUT2D eigenvalue weighted by Crippen LogP contribution is 2.56. The number of nitrogens with one attached hydrogen (secondary N) is 1. The minimum Gasteiger partial charge on any atom is -0.463 e. The van der Waals surface area contributed by atoms with E-state index in [4.69, 9.17) is 41.4 Å². The van der Waals surface area contributed by atoms with E-state index in [2.05, 4.69) is 5.32 Å². The highest BCUT2D eigenvalue weighted by atomic mass is 35.9. The van der Waals surface area contributed by atoms with Crippen molar-refractivity contribution in [1.82, 2.24) is 5.32 Å². The lowest BCUT2D eigenvalue weighted by Gasteiger charge is -2.17. The summed E-state index contributed by atoms with van der Waals surface area (Å²) in [6, 6.07) is -1.33. The van der Waals surface area contributed by atoms with Gasteiger partial charge >= 0.3 is 11.9 Å². The topological polar surface area (TPSA) is 117 Å². The highest BCUT2D eigenvalue weighted by Gasteiger charge is 2.28. The van der Waals surface area contributed by atoms with Crippen LogP contribution < -0.4 is 5.32 Å². The molecular weight excluding hydrogens is 388 g/mol. The summed E-state index contributed by atoms with van der Waals surface area (Å²) in [5, 5.41) is 2.19. The predicted octanol–water partition coefficient (Wildman–Crippen LogP) is 0.911. The summed E-state index contributed by atoms with van der Waals surface area (Å²) in [6.45, 7) is 0.253. The predicted molar refractivity (Wildman–Crippen MR) is 86.4 cm³/mol. The molecule has 0 bridgehead atoms. The number of esters is 2. The summed E-state index contributed by atoms with van der Waals surface area (Å²) in [5.74, 6) is -6.14. The first kappa shape index (κ1) is 23.1. The van der Waals surface area contributed by atoms with Gasteiger partial charge in [-0.15, -0.1) is 0 Å². The van der Waals surface area contributed by atoms with Gasteiger partial charge in [0.05, 0.1) is 19.6 Å². The first-order chi connectivity index (χ1) is 11.2. The Hall–Kier alpha value is -0.860. The molecule has 0 aromatic rings. The standard InChI is InChI=1S/C12H20Cl2NO8P/c1-20-3-5-22-11(17)7-9(12(18)23-6-4-21-2)15-10(16)8-24(13,14)19/h9H,3-8H2,1-2H3,(H,15,16)/t9-/m0/s1. The monoisotopic (exact) mass is 407 g/mol. The summed E-state index contributed by atoms with van der Waals surface area (Å²) < 4.78 is 30.3. The zero-order valence-electron chi connectivity index (χ0n) is 13.3. The Morgan fingerprint density at radius 2 is 1.54 bits per heavy atom. The third kappa shape index (κ3) is 12.5. The molecule has 24 heavy (non-hydrogen) atoms. The van der Waals surface area contributed by atoms with Crippen molar-refractivity contribution in [2.24, 2.45) is 0 Å². The molecule has 9 nitrogen and oxygen atoms in total. The molecule has 0 aromatic carbocycles. The summed E-state index contributed by atoms with van der Waals surface area (Å²) in [5.41, 5.74) is 0.